The number of fused-ring (bicyclic) bond motifs is 1. The molecule has 0 saturated carbocycles. The third-order valence-corrected chi connectivity index (χ3v) is 7.51. The standard InChI is InChI=1S/C23H29N5O4S/c1-15(2)21-13-19(20-14-24-28(16(3)4)22(20)26-21)23(29)25-17-6-5-7-18(12-17)33(30,31)27-8-10-32-11-9-27/h5-7,12-16H,8-11H2,1-4H3,(H,25,29). The Kier molecular flexibility index (Phi) is 6.51. The van der Waals surface area contributed by atoms with Gasteiger partial charge in [0.2, 0.25) is 10.0 Å². The number of pyridine rings is 1. The van der Waals surface area contributed by atoms with E-state index in [0.29, 0.717) is 48.6 Å². The van der Waals surface area contributed by atoms with Crippen molar-refractivity contribution in [3.63, 3.8) is 0 Å². The average Bonchev–Trinajstić information content (AvgIpc) is 3.23. The normalized spacial score (nSPS) is 15.5. The van der Waals surface area contributed by atoms with Crippen LogP contribution in [0.15, 0.2) is 41.4 Å². The predicted octanol–water partition coefficient (Wildman–Crippen LogP) is 3.41. The Bertz CT molecular complexity index is 1280. The summed E-state index contributed by atoms with van der Waals surface area (Å²) in [6.45, 7) is 9.42. The first-order valence-electron chi connectivity index (χ1n) is 11.1. The van der Waals surface area contributed by atoms with Crippen LogP contribution < -0.4 is 5.32 Å². The van der Waals surface area contributed by atoms with E-state index in [1.807, 2.05) is 27.7 Å². The zero-order valence-electron chi connectivity index (χ0n) is 19.3. The van der Waals surface area contributed by atoms with E-state index in [1.54, 1.807) is 29.1 Å². The lowest BCUT2D eigenvalue weighted by Gasteiger charge is -2.26. The summed E-state index contributed by atoms with van der Waals surface area (Å²) in [6, 6.07) is 8.20. The van der Waals surface area contributed by atoms with Crippen molar-refractivity contribution >= 4 is 32.7 Å². The number of nitrogens with zero attached hydrogens (tertiary/aromatic N) is 4. The molecule has 3 aromatic rings. The van der Waals surface area contributed by atoms with Gasteiger partial charge in [0.1, 0.15) is 0 Å². The second-order valence-corrected chi connectivity index (χ2v) is 10.6. The molecule has 1 N–H and O–H groups in total. The van der Waals surface area contributed by atoms with E-state index in [4.69, 9.17) is 9.72 Å². The predicted molar refractivity (Wildman–Crippen MR) is 126 cm³/mol. The number of carbonyl (C=O) groups is 1. The molecular formula is C23H29N5O4S. The highest BCUT2D eigenvalue weighted by molar-refractivity contribution is 7.89. The molecule has 0 unspecified atom stereocenters. The van der Waals surface area contributed by atoms with Gasteiger partial charge in [-0.05, 0) is 44.0 Å². The molecule has 0 bridgehead atoms. The number of morpholine rings is 1. The fraction of sp³-hybridized carbons (Fsp3) is 0.435. The molecule has 0 aliphatic carbocycles. The Morgan fingerprint density at radius 1 is 1.12 bits per heavy atom. The van der Waals surface area contributed by atoms with Crippen molar-refractivity contribution in [1.29, 1.82) is 0 Å². The molecule has 0 atom stereocenters. The molecule has 1 fully saturated rings. The van der Waals surface area contributed by atoms with Crippen LogP contribution in [-0.2, 0) is 14.8 Å². The van der Waals surface area contributed by atoms with Gasteiger partial charge in [-0.1, -0.05) is 19.9 Å². The van der Waals surface area contributed by atoms with E-state index in [-0.39, 0.29) is 22.8 Å². The first kappa shape index (κ1) is 23.3. The van der Waals surface area contributed by atoms with Crippen molar-refractivity contribution < 1.29 is 17.9 Å². The third-order valence-electron chi connectivity index (χ3n) is 5.61. The number of rotatable bonds is 6. The number of nitrogens with one attached hydrogen (secondary N) is 1. The Morgan fingerprint density at radius 2 is 1.85 bits per heavy atom. The fourth-order valence-corrected chi connectivity index (χ4v) is 5.22. The Morgan fingerprint density at radius 3 is 2.52 bits per heavy atom. The second kappa shape index (κ2) is 9.20. The number of hydrogen-bond acceptors (Lipinski definition) is 6. The molecule has 2 aromatic heterocycles. The number of hydrogen-bond donors (Lipinski definition) is 1. The Balaban J connectivity index is 1.67. The number of sulfonamides is 1. The van der Waals surface area contributed by atoms with E-state index in [2.05, 4.69) is 10.4 Å². The van der Waals surface area contributed by atoms with Gasteiger partial charge in [0.25, 0.3) is 5.91 Å². The van der Waals surface area contributed by atoms with E-state index in [9.17, 15) is 13.2 Å². The maximum absolute atomic E-state index is 13.3. The lowest BCUT2D eigenvalue weighted by atomic mass is 10.0. The van der Waals surface area contributed by atoms with Crippen molar-refractivity contribution in [2.45, 2.75) is 44.6 Å². The number of benzene rings is 1. The Labute approximate surface area is 193 Å². The number of anilines is 1. The topological polar surface area (TPSA) is 106 Å². The van der Waals surface area contributed by atoms with Gasteiger partial charge in [0.15, 0.2) is 5.65 Å². The number of ether oxygens (including phenoxy) is 1. The van der Waals surface area contributed by atoms with Crippen LogP contribution in [-0.4, -0.2) is 59.7 Å². The van der Waals surface area contributed by atoms with E-state index in [1.165, 1.54) is 16.4 Å². The van der Waals surface area contributed by atoms with Crippen molar-refractivity contribution in [3.8, 4) is 0 Å². The molecule has 1 amide bonds. The summed E-state index contributed by atoms with van der Waals surface area (Å²) in [7, 11) is -3.67. The summed E-state index contributed by atoms with van der Waals surface area (Å²) in [5, 5.41) is 7.94. The monoisotopic (exact) mass is 471 g/mol. The summed E-state index contributed by atoms with van der Waals surface area (Å²) in [5.74, 6) is -0.216. The Hall–Kier alpha value is -2.82. The minimum atomic E-state index is -3.67. The van der Waals surface area contributed by atoms with Gasteiger partial charge in [-0.2, -0.15) is 9.40 Å². The molecule has 0 radical (unpaired) electrons. The molecular weight excluding hydrogens is 442 g/mol. The highest BCUT2D eigenvalue weighted by Gasteiger charge is 2.27. The first-order chi connectivity index (χ1) is 15.7. The van der Waals surface area contributed by atoms with Gasteiger partial charge in [-0.3, -0.25) is 4.79 Å². The minimum absolute atomic E-state index is 0.0930. The van der Waals surface area contributed by atoms with Crippen LogP contribution in [0.25, 0.3) is 11.0 Å². The van der Waals surface area contributed by atoms with Crippen LogP contribution in [0.2, 0.25) is 0 Å². The molecule has 3 heterocycles. The number of aromatic nitrogens is 3. The van der Waals surface area contributed by atoms with Crippen molar-refractivity contribution in [3.05, 3.63) is 47.8 Å². The van der Waals surface area contributed by atoms with E-state index < -0.39 is 10.0 Å². The quantitative estimate of drug-likeness (QED) is 0.591. The third kappa shape index (κ3) is 4.64. The lowest BCUT2D eigenvalue weighted by molar-refractivity contribution is 0.0730. The zero-order chi connectivity index (χ0) is 23.8. The van der Waals surface area contributed by atoms with Crippen molar-refractivity contribution in [1.82, 2.24) is 19.1 Å². The first-order valence-corrected chi connectivity index (χ1v) is 12.5. The van der Waals surface area contributed by atoms with Gasteiger partial charge in [-0.25, -0.2) is 18.1 Å². The molecule has 176 valence electrons. The summed E-state index contributed by atoms with van der Waals surface area (Å²) < 4.78 is 34.4. The smallest absolute Gasteiger partial charge is 0.256 e. The van der Waals surface area contributed by atoms with Gasteiger partial charge in [0, 0.05) is 30.5 Å². The molecule has 1 saturated heterocycles. The molecule has 1 aromatic carbocycles. The van der Waals surface area contributed by atoms with Crippen molar-refractivity contribution in [2.24, 2.45) is 0 Å². The van der Waals surface area contributed by atoms with Crippen LogP contribution in [0.1, 0.15) is 55.7 Å². The summed E-state index contributed by atoms with van der Waals surface area (Å²) in [6.07, 6.45) is 1.65. The van der Waals surface area contributed by atoms with Crippen LogP contribution >= 0.6 is 0 Å². The molecule has 33 heavy (non-hydrogen) atoms. The van der Waals surface area contributed by atoms with E-state index in [0.717, 1.165) is 5.69 Å². The summed E-state index contributed by atoms with van der Waals surface area (Å²) in [4.78, 5) is 18.2. The maximum Gasteiger partial charge on any atom is 0.256 e. The van der Waals surface area contributed by atoms with Crippen LogP contribution in [0.5, 0.6) is 0 Å². The molecule has 0 spiro atoms. The molecule has 1 aliphatic rings. The van der Waals surface area contributed by atoms with Gasteiger partial charge in [-0.15, -0.1) is 0 Å². The highest BCUT2D eigenvalue weighted by Crippen LogP contribution is 2.26. The molecule has 1 aliphatic heterocycles. The van der Waals surface area contributed by atoms with Gasteiger partial charge < -0.3 is 10.1 Å². The summed E-state index contributed by atoms with van der Waals surface area (Å²) >= 11 is 0. The van der Waals surface area contributed by atoms with Crippen LogP contribution in [0.3, 0.4) is 0 Å². The minimum Gasteiger partial charge on any atom is -0.379 e. The largest absolute Gasteiger partial charge is 0.379 e. The highest BCUT2D eigenvalue weighted by atomic mass is 32.2. The molecule has 4 rings (SSSR count). The average molecular weight is 472 g/mol. The van der Waals surface area contributed by atoms with Gasteiger partial charge >= 0.3 is 0 Å². The maximum atomic E-state index is 13.3. The number of carbonyl (C=O) groups excluding carboxylic acids is 1. The fourth-order valence-electron chi connectivity index (χ4n) is 3.77. The molecule has 10 heteroatoms. The van der Waals surface area contributed by atoms with Crippen LogP contribution in [0.4, 0.5) is 5.69 Å². The zero-order valence-corrected chi connectivity index (χ0v) is 20.1. The number of amides is 1. The second-order valence-electron chi connectivity index (χ2n) is 8.67. The van der Waals surface area contributed by atoms with Crippen molar-refractivity contribution in [2.75, 3.05) is 31.6 Å². The molecule has 9 nitrogen and oxygen atoms in total. The SMILES string of the molecule is CC(C)c1cc(C(=O)Nc2cccc(S(=O)(=O)N3CCOCC3)c2)c2cnn(C(C)C)c2n1. The van der Waals surface area contributed by atoms with Gasteiger partial charge in [0.05, 0.1) is 35.3 Å². The lowest BCUT2D eigenvalue weighted by Crippen LogP contribution is -2.40. The summed E-state index contributed by atoms with van der Waals surface area (Å²) in [5.41, 5.74) is 2.31. The van der Waals surface area contributed by atoms with Crippen LogP contribution in [0, 0.1) is 0 Å². The van der Waals surface area contributed by atoms with E-state index >= 15 is 0 Å².